The summed E-state index contributed by atoms with van der Waals surface area (Å²) in [6, 6.07) is 4.26. The van der Waals surface area contributed by atoms with Gasteiger partial charge < -0.3 is 11.1 Å². The van der Waals surface area contributed by atoms with E-state index < -0.39 is 0 Å². The number of nitrogens with zero attached hydrogens (tertiary/aromatic N) is 1. The second kappa shape index (κ2) is 6.76. The van der Waals surface area contributed by atoms with Crippen molar-refractivity contribution in [1.82, 2.24) is 10.3 Å². The number of anilines is 1. The lowest BCUT2D eigenvalue weighted by atomic mass is 10.1. The molecule has 16 heavy (non-hydrogen) atoms. The molecule has 3 N–H and O–H groups in total. The smallest absolute Gasteiger partial charge is 0.128 e. The number of rotatable bonds is 6. The molecule has 1 heterocycles. The summed E-state index contributed by atoms with van der Waals surface area (Å²) in [7, 11) is 1.97. The van der Waals surface area contributed by atoms with Gasteiger partial charge in [0.1, 0.15) is 5.82 Å². The molecule has 0 fully saturated rings. The summed E-state index contributed by atoms with van der Waals surface area (Å²) < 4.78 is 0. The largest absolute Gasteiger partial charge is 0.383 e. The Labute approximate surface area is 102 Å². The molecule has 0 aliphatic rings. The summed E-state index contributed by atoms with van der Waals surface area (Å²) in [6.45, 7) is 4.47. The maximum absolute atomic E-state index is 5.87. The molecule has 0 saturated heterocycles. The van der Waals surface area contributed by atoms with Crippen molar-refractivity contribution >= 4 is 17.6 Å². The van der Waals surface area contributed by atoms with Crippen LogP contribution in [0.1, 0.15) is 25.5 Å². The van der Waals surface area contributed by atoms with Gasteiger partial charge in [0.05, 0.1) is 0 Å². The van der Waals surface area contributed by atoms with E-state index >= 15 is 0 Å². The Kier molecular flexibility index (Phi) is 5.63. The predicted molar refractivity (Wildman–Crippen MR) is 72.6 cm³/mol. The van der Waals surface area contributed by atoms with Crippen LogP contribution in [0.15, 0.2) is 18.3 Å². The standard InChI is InChI=1S/C12H21N3S/c1-9(2)7-16-8-11(14-3)10-5-4-6-15-12(10)13/h4-6,9,11,14H,7-8H2,1-3H3,(H2,13,15). The van der Waals surface area contributed by atoms with E-state index in [4.69, 9.17) is 5.73 Å². The maximum atomic E-state index is 5.87. The molecule has 1 unspecified atom stereocenters. The van der Waals surface area contributed by atoms with Gasteiger partial charge in [-0.25, -0.2) is 4.98 Å². The van der Waals surface area contributed by atoms with Crippen LogP contribution in [-0.2, 0) is 0 Å². The topological polar surface area (TPSA) is 50.9 Å². The Morgan fingerprint density at radius 2 is 2.19 bits per heavy atom. The minimum Gasteiger partial charge on any atom is -0.383 e. The lowest BCUT2D eigenvalue weighted by molar-refractivity contribution is 0.659. The van der Waals surface area contributed by atoms with E-state index in [0.717, 1.165) is 17.2 Å². The highest BCUT2D eigenvalue weighted by Gasteiger charge is 2.12. The summed E-state index contributed by atoms with van der Waals surface area (Å²) in [5.41, 5.74) is 6.97. The maximum Gasteiger partial charge on any atom is 0.128 e. The Morgan fingerprint density at radius 3 is 2.75 bits per heavy atom. The zero-order valence-corrected chi connectivity index (χ0v) is 11.1. The molecule has 1 aromatic rings. The molecule has 0 radical (unpaired) electrons. The summed E-state index contributed by atoms with van der Waals surface area (Å²) in [5, 5.41) is 3.29. The molecule has 0 amide bonds. The average molecular weight is 239 g/mol. The van der Waals surface area contributed by atoms with Crippen LogP contribution in [0.4, 0.5) is 5.82 Å². The Bertz CT molecular complexity index is 315. The quantitative estimate of drug-likeness (QED) is 0.800. The van der Waals surface area contributed by atoms with E-state index in [1.165, 1.54) is 5.75 Å². The van der Waals surface area contributed by atoms with Crippen molar-refractivity contribution < 1.29 is 0 Å². The van der Waals surface area contributed by atoms with Gasteiger partial charge in [-0.1, -0.05) is 19.9 Å². The molecule has 0 spiro atoms. The number of thioether (sulfide) groups is 1. The van der Waals surface area contributed by atoms with E-state index in [1.807, 2.05) is 30.9 Å². The monoisotopic (exact) mass is 239 g/mol. The fourth-order valence-electron chi connectivity index (χ4n) is 1.47. The predicted octanol–water partition coefficient (Wildman–Crippen LogP) is 2.31. The third-order valence-corrected chi connectivity index (χ3v) is 3.80. The first-order valence-electron chi connectivity index (χ1n) is 5.60. The third kappa shape index (κ3) is 4.02. The Hall–Kier alpha value is -0.740. The normalized spacial score (nSPS) is 13.0. The molecule has 0 aliphatic carbocycles. The third-order valence-electron chi connectivity index (χ3n) is 2.33. The molecule has 0 aromatic carbocycles. The second-order valence-electron chi connectivity index (χ2n) is 4.25. The van der Waals surface area contributed by atoms with Gasteiger partial charge in [0, 0.05) is 23.6 Å². The van der Waals surface area contributed by atoms with E-state index in [1.54, 1.807) is 6.20 Å². The number of hydrogen-bond donors (Lipinski definition) is 2. The van der Waals surface area contributed by atoms with Crippen molar-refractivity contribution in [3.8, 4) is 0 Å². The molecule has 1 rings (SSSR count). The SMILES string of the molecule is CNC(CSCC(C)C)c1cccnc1N. The van der Waals surface area contributed by atoms with Crippen LogP contribution in [0.25, 0.3) is 0 Å². The average Bonchev–Trinajstić information content (AvgIpc) is 2.25. The van der Waals surface area contributed by atoms with Crippen molar-refractivity contribution in [3.63, 3.8) is 0 Å². The minimum absolute atomic E-state index is 0.289. The lowest BCUT2D eigenvalue weighted by Gasteiger charge is -2.17. The van der Waals surface area contributed by atoms with Gasteiger partial charge in [-0.2, -0.15) is 11.8 Å². The van der Waals surface area contributed by atoms with Crippen LogP contribution in [0, 0.1) is 5.92 Å². The fraction of sp³-hybridized carbons (Fsp3) is 0.583. The molecule has 90 valence electrons. The highest BCUT2D eigenvalue weighted by molar-refractivity contribution is 7.99. The number of nitrogen functional groups attached to an aromatic ring is 1. The molecule has 0 aliphatic heterocycles. The molecule has 3 nitrogen and oxygen atoms in total. The van der Waals surface area contributed by atoms with Crippen LogP contribution in [0.3, 0.4) is 0 Å². The summed E-state index contributed by atoms with van der Waals surface area (Å²) in [4.78, 5) is 4.12. The van der Waals surface area contributed by atoms with E-state index in [9.17, 15) is 0 Å². The van der Waals surface area contributed by atoms with E-state index in [0.29, 0.717) is 5.82 Å². The van der Waals surface area contributed by atoms with E-state index in [2.05, 4.69) is 24.1 Å². The van der Waals surface area contributed by atoms with Gasteiger partial charge in [0.15, 0.2) is 0 Å². The highest BCUT2D eigenvalue weighted by atomic mass is 32.2. The zero-order valence-electron chi connectivity index (χ0n) is 10.2. The number of hydrogen-bond acceptors (Lipinski definition) is 4. The number of nitrogens with two attached hydrogens (primary N) is 1. The first-order valence-corrected chi connectivity index (χ1v) is 6.76. The van der Waals surface area contributed by atoms with Gasteiger partial charge in [-0.15, -0.1) is 0 Å². The van der Waals surface area contributed by atoms with Crippen molar-refractivity contribution in [2.75, 3.05) is 24.3 Å². The van der Waals surface area contributed by atoms with Gasteiger partial charge in [0.25, 0.3) is 0 Å². The van der Waals surface area contributed by atoms with Gasteiger partial charge in [-0.3, -0.25) is 0 Å². The molecule has 4 heteroatoms. The molecule has 1 atom stereocenters. The van der Waals surface area contributed by atoms with Crippen LogP contribution in [0.2, 0.25) is 0 Å². The summed E-state index contributed by atoms with van der Waals surface area (Å²) >= 11 is 1.95. The number of pyridine rings is 1. The Balaban J connectivity index is 2.57. The van der Waals surface area contributed by atoms with Crippen molar-refractivity contribution in [1.29, 1.82) is 0 Å². The van der Waals surface area contributed by atoms with Crippen LogP contribution >= 0.6 is 11.8 Å². The molecular weight excluding hydrogens is 218 g/mol. The van der Waals surface area contributed by atoms with Crippen LogP contribution < -0.4 is 11.1 Å². The highest BCUT2D eigenvalue weighted by Crippen LogP contribution is 2.22. The van der Waals surface area contributed by atoms with Gasteiger partial charge in [-0.05, 0) is 24.8 Å². The van der Waals surface area contributed by atoms with Crippen molar-refractivity contribution in [2.24, 2.45) is 5.92 Å². The van der Waals surface area contributed by atoms with Crippen molar-refractivity contribution in [2.45, 2.75) is 19.9 Å². The first-order chi connectivity index (χ1) is 7.65. The van der Waals surface area contributed by atoms with Gasteiger partial charge >= 0.3 is 0 Å². The second-order valence-corrected chi connectivity index (χ2v) is 5.33. The van der Waals surface area contributed by atoms with E-state index in [-0.39, 0.29) is 6.04 Å². The van der Waals surface area contributed by atoms with Gasteiger partial charge in [0.2, 0.25) is 0 Å². The van der Waals surface area contributed by atoms with Crippen LogP contribution in [0.5, 0.6) is 0 Å². The lowest BCUT2D eigenvalue weighted by Crippen LogP contribution is -2.20. The fourth-order valence-corrected chi connectivity index (χ4v) is 2.66. The molecular formula is C12H21N3S. The number of nitrogens with one attached hydrogen (secondary N) is 1. The summed E-state index contributed by atoms with van der Waals surface area (Å²) in [6.07, 6.45) is 1.73. The number of aromatic nitrogens is 1. The summed E-state index contributed by atoms with van der Waals surface area (Å²) in [5.74, 6) is 3.57. The zero-order chi connectivity index (χ0) is 12.0. The minimum atomic E-state index is 0.289. The van der Waals surface area contributed by atoms with Crippen molar-refractivity contribution in [3.05, 3.63) is 23.9 Å². The Morgan fingerprint density at radius 1 is 1.44 bits per heavy atom. The first kappa shape index (κ1) is 13.3. The molecule has 0 saturated carbocycles. The molecule has 1 aromatic heterocycles. The molecule has 0 bridgehead atoms. The van der Waals surface area contributed by atoms with Crippen LogP contribution in [-0.4, -0.2) is 23.5 Å².